The molecule has 0 fully saturated rings. The highest BCUT2D eigenvalue weighted by molar-refractivity contribution is 5.82. The second-order valence-corrected chi connectivity index (χ2v) is 5.26. The van der Waals surface area contributed by atoms with Crippen LogP contribution in [0.15, 0.2) is 35.3 Å². The van der Waals surface area contributed by atoms with Crippen LogP contribution >= 0.6 is 0 Å². The van der Waals surface area contributed by atoms with Gasteiger partial charge in [-0.2, -0.15) is 13.2 Å². The number of aromatic nitrogens is 1. The maximum Gasteiger partial charge on any atom is 0.416 e. The molecule has 2 aromatic rings. The third-order valence-corrected chi connectivity index (χ3v) is 3.65. The van der Waals surface area contributed by atoms with Crippen molar-refractivity contribution < 1.29 is 13.2 Å². The van der Waals surface area contributed by atoms with Crippen molar-refractivity contribution in [2.45, 2.75) is 38.1 Å². The normalized spacial score (nSPS) is 13.8. The zero-order valence-electron chi connectivity index (χ0n) is 12.1. The van der Waals surface area contributed by atoms with Crippen LogP contribution in [-0.4, -0.2) is 10.7 Å². The highest BCUT2D eigenvalue weighted by atomic mass is 19.4. The van der Waals surface area contributed by atoms with Crippen LogP contribution in [0.25, 0.3) is 10.8 Å². The van der Waals surface area contributed by atoms with Gasteiger partial charge in [-0.15, -0.1) is 0 Å². The first kappa shape index (κ1) is 16.5. The van der Waals surface area contributed by atoms with Crippen LogP contribution < -0.4 is 17.0 Å². The van der Waals surface area contributed by atoms with E-state index in [0.29, 0.717) is 11.8 Å². The van der Waals surface area contributed by atoms with Crippen molar-refractivity contribution in [2.24, 2.45) is 11.5 Å². The molecule has 7 heteroatoms. The number of hydrogen-bond donors (Lipinski definition) is 2. The van der Waals surface area contributed by atoms with Crippen molar-refractivity contribution >= 4 is 10.8 Å². The molecule has 0 amide bonds. The summed E-state index contributed by atoms with van der Waals surface area (Å²) in [5.41, 5.74) is 10.1. The van der Waals surface area contributed by atoms with E-state index in [1.54, 1.807) is 6.07 Å². The molecule has 0 aliphatic carbocycles. The van der Waals surface area contributed by atoms with E-state index >= 15 is 0 Å². The Balaban J connectivity index is 2.64. The Labute approximate surface area is 125 Å². The Hall–Kier alpha value is -1.86. The predicted octanol–water partition coefficient (Wildman–Crippen LogP) is 2.61. The summed E-state index contributed by atoms with van der Waals surface area (Å²) in [5.74, 6) is 0. The summed E-state index contributed by atoms with van der Waals surface area (Å²) in [4.78, 5) is 12.5. The van der Waals surface area contributed by atoms with E-state index in [4.69, 9.17) is 11.5 Å². The first-order valence-electron chi connectivity index (χ1n) is 6.99. The van der Waals surface area contributed by atoms with Gasteiger partial charge >= 0.3 is 6.18 Å². The molecule has 0 spiro atoms. The van der Waals surface area contributed by atoms with Crippen molar-refractivity contribution in [3.05, 3.63) is 46.4 Å². The molecule has 120 valence electrons. The Bertz CT molecular complexity index is 722. The molecule has 1 aromatic heterocycles. The minimum Gasteiger partial charge on any atom is -0.314 e. The first-order chi connectivity index (χ1) is 10.3. The van der Waals surface area contributed by atoms with E-state index in [1.807, 2.05) is 6.92 Å². The number of alkyl halides is 3. The fraction of sp³-hybridized carbons (Fsp3) is 0.400. The highest BCUT2D eigenvalue weighted by Gasteiger charge is 2.30. The largest absolute Gasteiger partial charge is 0.416 e. The van der Waals surface area contributed by atoms with Gasteiger partial charge in [0.15, 0.2) is 0 Å². The summed E-state index contributed by atoms with van der Waals surface area (Å²) in [5, 5.41) is 0.467. The van der Waals surface area contributed by atoms with Crippen LogP contribution in [0.2, 0.25) is 0 Å². The van der Waals surface area contributed by atoms with Gasteiger partial charge in [0.1, 0.15) is 0 Å². The molecule has 1 heterocycles. The lowest BCUT2D eigenvalue weighted by Gasteiger charge is -2.23. The van der Waals surface area contributed by atoms with E-state index in [1.165, 1.54) is 16.8 Å². The second kappa shape index (κ2) is 6.10. The molecule has 0 radical (unpaired) electrons. The van der Waals surface area contributed by atoms with Gasteiger partial charge < -0.3 is 16.0 Å². The van der Waals surface area contributed by atoms with E-state index in [0.717, 1.165) is 18.6 Å². The Morgan fingerprint density at radius 1 is 1.23 bits per heavy atom. The van der Waals surface area contributed by atoms with Crippen LogP contribution in [-0.2, 0) is 6.18 Å². The molecular weight excluding hydrogens is 295 g/mol. The number of hydrogen-bond acceptors (Lipinski definition) is 3. The zero-order chi connectivity index (χ0) is 16.5. The summed E-state index contributed by atoms with van der Waals surface area (Å²) >= 11 is 0. The number of nitrogens with two attached hydrogens (primary N) is 2. The molecule has 4 N–H and O–H groups in total. The molecule has 0 saturated carbocycles. The standard InChI is InChI=1S/C15H18F3N3O/c1-2-3-12(13(19)20)21-7-6-9-4-5-10(15(16,17)18)8-11(9)14(21)22/h4-8,12-13H,2-3,19-20H2,1H3. The Kier molecular flexibility index (Phi) is 4.58. The molecule has 22 heavy (non-hydrogen) atoms. The molecule has 1 atom stereocenters. The maximum absolute atomic E-state index is 12.8. The highest BCUT2D eigenvalue weighted by Crippen LogP contribution is 2.30. The minimum atomic E-state index is -4.49. The Morgan fingerprint density at radius 3 is 2.45 bits per heavy atom. The number of nitrogens with zero attached hydrogens (tertiary/aromatic N) is 1. The fourth-order valence-electron chi connectivity index (χ4n) is 2.50. The molecular formula is C15H18F3N3O. The molecule has 2 rings (SSSR count). The monoisotopic (exact) mass is 313 g/mol. The molecule has 1 aromatic carbocycles. The van der Waals surface area contributed by atoms with Gasteiger partial charge in [-0.3, -0.25) is 4.79 Å². The summed E-state index contributed by atoms with van der Waals surface area (Å²) < 4.78 is 39.8. The van der Waals surface area contributed by atoms with Crippen LogP contribution in [0, 0.1) is 0 Å². The van der Waals surface area contributed by atoms with Gasteiger partial charge in [0.05, 0.1) is 17.8 Å². The van der Waals surface area contributed by atoms with E-state index in [9.17, 15) is 18.0 Å². The molecule has 1 unspecified atom stereocenters. The quantitative estimate of drug-likeness (QED) is 0.852. The van der Waals surface area contributed by atoms with E-state index in [2.05, 4.69) is 0 Å². The smallest absolute Gasteiger partial charge is 0.314 e. The molecule has 0 aliphatic rings. The van der Waals surface area contributed by atoms with Crippen LogP contribution in [0.4, 0.5) is 13.2 Å². The van der Waals surface area contributed by atoms with Crippen molar-refractivity contribution in [3.8, 4) is 0 Å². The van der Waals surface area contributed by atoms with E-state index < -0.39 is 29.5 Å². The summed E-state index contributed by atoms with van der Waals surface area (Å²) in [7, 11) is 0. The number of rotatable bonds is 4. The predicted molar refractivity (Wildman–Crippen MR) is 79.3 cm³/mol. The number of benzene rings is 1. The summed E-state index contributed by atoms with van der Waals surface area (Å²) in [6, 6.07) is 4.28. The third-order valence-electron chi connectivity index (χ3n) is 3.65. The average Bonchev–Trinajstić information content (AvgIpc) is 2.44. The van der Waals surface area contributed by atoms with Crippen LogP contribution in [0.1, 0.15) is 31.4 Å². The number of halogens is 3. The maximum atomic E-state index is 12.8. The number of pyridine rings is 1. The van der Waals surface area contributed by atoms with Crippen molar-refractivity contribution in [1.82, 2.24) is 4.57 Å². The SMILES string of the molecule is CCCC(C(N)N)n1ccc2ccc(C(F)(F)F)cc2c1=O. The van der Waals surface area contributed by atoms with Gasteiger partial charge in [0.2, 0.25) is 0 Å². The molecule has 0 bridgehead atoms. The zero-order valence-corrected chi connectivity index (χ0v) is 12.1. The van der Waals surface area contributed by atoms with Gasteiger partial charge in [0, 0.05) is 11.6 Å². The van der Waals surface area contributed by atoms with Crippen molar-refractivity contribution in [2.75, 3.05) is 0 Å². The lowest BCUT2D eigenvalue weighted by Crippen LogP contribution is -2.43. The van der Waals surface area contributed by atoms with E-state index in [-0.39, 0.29) is 5.39 Å². The van der Waals surface area contributed by atoms with Gasteiger partial charge in [-0.25, -0.2) is 0 Å². The Morgan fingerprint density at radius 2 is 1.91 bits per heavy atom. The first-order valence-corrected chi connectivity index (χ1v) is 6.99. The van der Waals surface area contributed by atoms with Crippen molar-refractivity contribution in [1.29, 1.82) is 0 Å². The number of fused-ring (bicyclic) bond motifs is 1. The molecule has 0 aliphatic heterocycles. The molecule has 4 nitrogen and oxygen atoms in total. The van der Waals surface area contributed by atoms with Gasteiger partial charge in [-0.1, -0.05) is 19.4 Å². The second-order valence-electron chi connectivity index (χ2n) is 5.26. The fourth-order valence-corrected chi connectivity index (χ4v) is 2.50. The minimum absolute atomic E-state index is 0.0130. The summed E-state index contributed by atoms with van der Waals surface area (Å²) in [6.45, 7) is 1.92. The third kappa shape index (κ3) is 3.15. The van der Waals surface area contributed by atoms with Crippen LogP contribution in [0.3, 0.4) is 0 Å². The van der Waals surface area contributed by atoms with Crippen molar-refractivity contribution in [3.63, 3.8) is 0 Å². The van der Waals surface area contributed by atoms with Crippen LogP contribution in [0.5, 0.6) is 0 Å². The topological polar surface area (TPSA) is 74.0 Å². The summed E-state index contributed by atoms with van der Waals surface area (Å²) in [6.07, 6.45) is -2.40. The molecule has 0 saturated heterocycles. The average molecular weight is 313 g/mol. The van der Waals surface area contributed by atoms with Gasteiger partial charge in [0.25, 0.3) is 5.56 Å². The lowest BCUT2D eigenvalue weighted by molar-refractivity contribution is -0.137. The van der Waals surface area contributed by atoms with Gasteiger partial charge in [-0.05, 0) is 30.0 Å². The lowest BCUT2D eigenvalue weighted by atomic mass is 10.1.